The van der Waals surface area contributed by atoms with Gasteiger partial charge in [0.05, 0.1) is 11.2 Å². The highest BCUT2D eigenvalue weighted by Crippen LogP contribution is 2.16. The first kappa shape index (κ1) is 21.7. The van der Waals surface area contributed by atoms with Crippen LogP contribution < -0.4 is 10.0 Å². The van der Waals surface area contributed by atoms with Crippen molar-refractivity contribution in [2.24, 2.45) is 0 Å². The summed E-state index contributed by atoms with van der Waals surface area (Å²) in [6, 6.07) is 13.9. The number of benzene rings is 2. The predicted octanol–water partition coefficient (Wildman–Crippen LogP) is 2.80. The van der Waals surface area contributed by atoms with Crippen LogP contribution in [0.5, 0.6) is 0 Å². The second kappa shape index (κ2) is 9.69. The summed E-state index contributed by atoms with van der Waals surface area (Å²) in [7, 11) is -3.73. The third-order valence-electron chi connectivity index (χ3n) is 4.85. The van der Waals surface area contributed by atoms with Crippen LogP contribution in [0.4, 0.5) is 0 Å². The molecule has 0 aliphatic rings. The van der Waals surface area contributed by atoms with E-state index in [1.165, 1.54) is 12.1 Å². The van der Waals surface area contributed by atoms with Crippen molar-refractivity contribution in [1.29, 1.82) is 0 Å². The van der Waals surface area contributed by atoms with E-state index in [-0.39, 0.29) is 17.3 Å². The van der Waals surface area contributed by atoms with Gasteiger partial charge in [-0.25, -0.2) is 18.1 Å². The highest BCUT2D eigenvalue weighted by atomic mass is 32.2. The fraction of sp³-hybridized carbons (Fsp3) is 0.273. The summed E-state index contributed by atoms with van der Waals surface area (Å²) in [5.41, 5.74) is 3.01. The van der Waals surface area contributed by atoms with Crippen LogP contribution in [-0.2, 0) is 23.1 Å². The summed E-state index contributed by atoms with van der Waals surface area (Å²) < 4.78 is 29.9. The normalized spacial score (nSPS) is 11.4. The highest BCUT2D eigenvalue weighted by Gasteiger charge is 2.18. The SMILES string of the molecule is Cc1ccc(S(=O)(=O)NCc2ccccc2)cc1C(=O)NCCCn1cncc1C. The number of aromatic nitrogens is 2. The molecule has 0 fully saturated rings. The molecule has 0 radical (unpaired) electrons. The third-order valence-corrected chi connectivity index (χ3v) is 6.25. The summed E-state index contributed by atoms with van der Waals surface area (Å²) in [4.78, 5) is 16.8. The maximum atomic E-state index is 12.7. The lowest BCUT2D eigenvalue weighted by atomic mass is 10.1. The summed E-state index contributed by atoms with van der Waals surface area (Å²) in [6.45, 7) is 5.19. The summed E-state index contributed by atoms with van der Waals surface area (Å²) >= 11 is 0. The Balaban J connectivity index is 1.62. The first-order valence-corrected chi connectivity index (χ1v) is 11.2. The Kier molecular flexibility index (Phi) is 7.02. The van der Waals surface area contributed by atoms with E-state index in [0.29, 0.717) is 12.1 Å². The number of hydrogen-bond acceptors (Lipinski definition) is 4. The average Bonchev–Trinajstić information content (AvgIpc) is 3.15. The average molecular weight is 427 g/mol. The fourth-order valence-electron chi connectivity index (χ4n) is 3.04. The maximum absolute atomic E-state index is 12.7. The topological polar surface area (TPSA) is 93.1 Å². The largest absolute Gasteiger partial charge is 0.352 e. The number of rotatable bonds is 9. The number of hydrogen-bond donors (Lipinski definition) is 2. The molecule has 0 atom stereocenters. The molecule has 0 bridgehead atoms. The minimum Gasteiger partial charge on any atom is -0.352 e. The van der Waals surface area contributed by atoms with Gasteiger partial charge in [0.1, 0.15) is 0 Å². The smallest absolute Gasteiger partial charge is 0.251 e. The molecule has 3 rings (SSSR count). The molecular formula is C22H26N4O3S. The van der Waals surface area contributed by atoms with Gasteiger partial charge in [-0.05, 0) is 43.5 Å². The minimum absolute atomic E-state index is 0.0724. The van der Waals surface area contributed by atoms with E-state index in [4.69, 9.17) is 0 Å². The first-order chi connectivity index (χ1) is 14.4. The summed E-state index contributed by atoms with van der Waals surface area (Å²) in [5, 5.41) is 2.87. The van der Waals surface area contributed by atoms with Crippen LogP contribution in [0.25, 0.3) is 0 Å². The monoisotopic (exact) mass is 426 g/mol. The Morgan fingerprint density at radius 1 is 1.10 bits per heavy atom. The fourth-order valence-corrected chi connectivity index (χ4v) is 4.08. The van der Waals surface area contributed by atoms with Crippen molar-refractivity contribution in [3.8, 4) is 0 Å². The molecule has 1 heterocycles. The molecule has 1 amide bonds. The molecule has 3 aromatic rings. The number of aryl methyl sites for hydroxylation is 3. The van der Waals surface area contributed by atoms with Gasteiger partial charge < -0.3 is 9.88 Å². The molecule has 0 unspecified atom stereocenters. The van der Waals surface area contributed by atoms with Gasteiger partial charge in [-0.1, -0.05) is 36.4 Å². The number of carbonyl (C=O) groups excluding carboxylic acids is 1. The van der Waals surface area contributed by atoms with Crippen molar-refractivity contribution in [2.45, 2.75) is 38.3 Å². The zero-order valence-electron chi connectivity index (χ0n) is 17.1. The van der Waals surface area contributed by atoms with E-state index < -0.39 is 10.0 Å². The van der Waals surface area contributed by atoms with Crippen molar-refractivity contribution in [3.05, 3.63) is 83.4 Å². The number of nitrogens with zero attached hydrogens (tertiary/aromatic N) is 2. The Hall–Kier alpha value is -2.97. The zero-order valence-corrected chi connectivity index (χ0v) is 17.9. The lowest BCUT2D eigenvalue weighted by Crippen LogP contribution is -2.27. The Morgan fingerprint density at radius 3 is 2.57 bits per heavy atom. The number of amides is 1. The zero-order chi connectivity index (χ0) is 21.6. The maximum Gasteiger partial charge on any atom is 0.251 e. The molecule has 8 heteroatoms. The van der Waals surface area contributed by atoms with E-state index in [9.17, 15) is 13.2 Å². The van der Waals surface area contributed by atoms with Crippen molar-refractivity contribution >= 4 is 15.9 Å². The van der Waals surface area contributed by atoms with E-state index in [2.05, 4.69) is 15.0 Å². The Bertz CT molecular complexity index is 1110. The van der Waals surface area contributed by atoms with Crippen LogP contribution >= 0.6 is 0 Å². The van der Waals surface area contributed by atoms with Gasteiger partial charge in [0.25, 0.3) is 5.91 Å². The van der Waals surface area contributed by atoms with Crippen LogP contribution in [0.15, 0.2) is 66.0 Å². The molecule has 158 valence electrons. The Labute approximate surface area is 177 Å². The van der Waals surface area contributed by atoms with Crippen LogP contribution in [0.3, 0.4) is 0 Å². The van der Waals surface area contributed by atoms with Crippen LogP contribution in [0.2, 0.25) is 0 Å². The van der Waals surface area contributed by atoms with Crippen molar-refractivity contribution in [2.75, 3.05) is 6.54 Å². The van der Waals surface area contributed by atoms with Crippen molar-refractivity contribution in [1.82, 2.24) is 19.6 Å². The van der Waals surface area contributed by atoms with Gasteiger partial charge in [-0.15, -0.1) is 0 Å². The molecule has 0 saturated carbocycles. The van der Waals surface area contributed by atoms with Crippen LogP contribution in [0.1, 0.15) is 33.6 Å². The standard InChI is InChI=1S/C22H26N4O3S/c1-17-9-10-20(30(28,29)25-15-19-7-4-3-5-8-19)13-21(17)22(27)24-11-6-12-26-16-23-14-18(26)2/h3-5,7-10,13-14,16,25H,6,11-12,15H2,1-2H3,(H,24,27). The number of carbonyl (C=O) groups is 1. The van der Waals surface area contributed by atoms with Gasteiger partial charge in [-0.2, -0.15) is 0 Å². The molecule has 2 aromatic carbocycles. The number of sulfonamides is 1. The molecule has 7 nitrogen and oxygen atoms in total. The summed E-state index contributed by atoms with van der Waals surface area (Å²) in [5.74, 6) is -0.282. The van der Waals surface area contributed by atoms with E-state index >= 15 is 0 Å². The molecule has 1 aromatic heterocycles. The van der Waals surface area contributed by atoms with E-state index in [0.717, 1.165) is 29.8 Å². The third kappa shape index (κ3) is 5.55. The van der Waals surface area contributed by atoms with Crippen LogP contribution in [-0.4, -0.2) is 30.4 Å². The van der Waals surface area contributed by atoms with Gasteiger partial charge >= 0.3 is 0 Å². The molecular weight excluding hydrogens is 400 g/mol. The lowest BCUT2D eigenvalue weighted by molar-refractivity contribution is 0.0952. The number of imidazole rings is 1. The van der Waals surface area contributed by atoms with E-state index in [1.54, 1.807) is 25.5 Å². The van der Waals surface area contributed by atoms with E-state index in [1.807, 2.05) is 41.8 Å². The lowest BCUT2D eigenvalue weighted by Gasteiger charge is -2.12. The second-order valence-corrected chi connectivity index (χ2v) is 8.89. The minimum atomic E-state index is -3.73. The molecule has 2 N–H and O–H groups in total. The molecule has 0 spiro atoms. The highest BCUT2D eigenvalue weighted by molar-refractivity contribution is 7.89. The first-order valence-electron chi connectivity index (χ1n) is 9.76. The quantitative estimate of drug-likeness (QED) is 0.515. The van der Waals surface area contributed by atoms with Gasteiger partial charge in [0.15, 0.2) is 0 Å². The second-order valence-electron chi connectivity index (χ2n) is 7.12. The molecule has 0 aliphatic carbocycles. The molecule has 30 heavy (non-hydrogen) atoms. The Morgan fingerprint density at radius 2 is 1.87 bits per heavy atom. The molecule has 0 saturated heterocycles. The molecule has 0 aliphatic heterocycles. The van der Waals surface area contributed by atoms with Gasteiger partial charge in [0.2, 0.25) is 10.0 Å². The van der Waals surface area contributed by atoms with Gasteiger partial charge in [0, 0.05) is 37.1 Å². The number of nitrogens with one attached hydrogen (secondary N) is 2. The predicted molar refractivity (Wildman–Crippen MR) is 116 cm³/mol. The van der Waals surface area contributed by atoms with Crippen LogP contribution in [0, 0.1) is 13.8 Å². The van der Waals surface area contributed by atoms with Crippen molar-refractivity contribution in [3.63, 3.8) is 0 Å². The van der Waals surface area contributed by atoms with Crippen molar-refractivity contribution < 1.29 is 13.2 Å². The summed E-state index contributed by atoms with van der Waals surface area (Å²) in [6.07, 6.45) is 4.30. The van der Waals surface area contributed by atoms with Gasteiger partial charge in [-0.3, -0.25) is 4.79 Å².